The van der Waals surface area contributed by atoms with E-state index in [-0.39, 0.29) is 18.4 Å². The molecular formula is C16H15ClO3S. The van der Waals surface area contributed by atoms with Gasteiger partial charge in [0.05, 0.1) is 10.1 Å². The van der Waals surface area contributed by atoms with Crippen molar-refractivity contribution in [3.05, 3.63) is 65.2 Å². The molecule has 0 unspecified atom stereocenters. The van der Waals surface area contributed by atoms with Crippen LogP contribution in [0, 0.1) is 5.92 Å². The second kappa shape index (κ2) is 5.44. The number of rotatable bonds is 4. The van der Waals surface area contributed by atoms with Gasteiger partial charge in [0.25, 0.3) is 0 Å². The molecule has 0 aliphatic heterocycles. The molecule has 3 nitrogen and oxygen atoms in total. The smallest absolute Gasteiger partial charge is 0.182 e. The first-order valence-corrected chi connectivity index (χ1v) is 8.63. The fraction of sp³-hybridized carbons (Fsp3) is 0.250. The summed E-state index contributed by atoms with van der Waals surface area (Å²) in [5.74, 6) is -0.422. The molecule has 0 amide bonds. The van der Waals surface area contributed by atoms with Crippen molar-refractivity contribution in [1.82, 2.24) is 0 Å². The van der Waals surface area contributed by atoms with E-state index in [4.69, 9.17) is 11.6 Å². The van der Waals surface area contributed by atoms with E-state index in [1.807, 2.05) is 12.1 Å². The summed E-state index contributed by atoms with van der Waals surface area (Å²) in [5.41, 5.74) is 0.906. The molecule has 0 spiro atoms. The third-order valence-corrected chi connectivity index (χ3v) is 6.53. The van der Waals surface area contributed by atoms with E-state index in [0.29, 0.717) is 9.92 Å². The summed E-state index contributed by atoms with van der Waals surface area (Å²) in [6, 6.07) is 15.5. The summed E-state index contributed by atoms with van der Waals surface area (Å²) in [7, 11) is -3.43. The maximum atomic E-state index is 12.7. The van der Waals surface area contributed by atoms with Gasteiger partial charge in [-0.25, -0.2) is 8.42 Å². The van der Waals surface area contributed by atoms with Crippen LogP contribution in [0.2, 0.25) is 5.02 Å². The highest BCUT2D eigenvalue weighted by molar-refractivity contribution is 7.92. The lowest BCUT2D eigenvalue weighted by molar-refractivity contribution is 0.274. The predicted molar refractivity (Wildman–Crippen MR) is 82.2 cm³/mol. The normalized spacial score (nSPS) is 24.8. The summed E-state index contributed by atoms with van der Waals surface area (Å²) < 4.78 is 25.4. The maximum Gasteiger partial charge on any atom is 0.182 e. The van der Waals surface area contributed by atoms with Crippen molar-refractivity contribution in [1.29, 1.82) is 0 Å². The Morgan fingerprint density at radius 1 is 1.00 bits per heavy atom. The van der Waals surface area contributed by atoms with E-state index in [9.17, 15) is 13.5 Å². The van der Waals surface area contributed by atoms with E-state index in [2.05, 4.69) is 0 Å². The fourth-order valence-corrected chi connectivity index (χ4v) is 5.22. The zero-order valence-corrected chi connectivity index (χ0v) is 12.8. The lowest BCUT2D eigenvalue weighted by Gasteiger charge is -2.04. The third-order valence-electron chi connectivity index (χ3n) is 3.99. The molecule has 3 rings (SSSR count). The lowest BCUT2D eigenvalue weighted by Crippen LogP contribution is -2.11. The summed E-state index contributed by atoms with van der Waals surface area (Å²) in [4.78, 5) is 0.310. The second-order valence-electron chi connectivity index (χ2n) is 5.25. The van der Waals surface area contributed by atoms with Crippen molar-refractivity contribution in [2.45, 2.75) is 16.1 Å². The Balaban J connectivity index is 1.94. The average molecular weight is 323 g/mol. The highest BCUT2D eigenvalue weighted by Crippen LogP contribution is 2.53. The first-order valence-electron chi connectivity index (χ1n) is 6.71. The Hall–Kier alpha value is -1.36. The van der Waals surface area contributed by atoms with Gasteiger partial charge in [-0.1, -0.05) is 41.9 Å². The van der Waals surface area contributed by atoms with Crippen molar-refractivity contribution in [3.63, 3.8) is 0 Å². The molecule has 21 heavy (non-hydrogen) atoms. The SMILES string of the molecule is O=S(=O)(c1ccccc1)[C@H]1[C@H](CO)[C@@H]1c1ccc(Cl)cc1. The van der Waals surface area contributed by atoms with Crippen molar-refractivity contribution < 1.29 is 13.5 Å². The first kappa shape index (κ1) is 14.6. The highest BCUT2D eigenvalue weighted by atomic mass is 35.5. The number of aliphatic hydroxyl groups excluding tert-OH is 1. The van der Waals surface area contributed by atoms with Gasteiger partial charge >= 0.3 is 0 Å². The molecule has 3 atom stereocenters. The van der Waals surface area contributed by atoms with Crippen molar-refractivity contribution in [3.8, 4) is 0 Å². The van der Waals surface area contributed by atoms with Crippen LogP contribution in [0.5, 0.6) is 0 Å². The summed E-state index contributed by atoms with van der Waals surface area (Å²) in [6.45, 7) is -0.135. The minimum absolute atomic E-state index is 0.135. The molecule has 0 heterocycles. The van der Waals surface area contributed by atoms with E-state index in [1.165, 1.54) is 0 Å². The number of aliphatic hydroxyl groups is 1. The summed E-state index contributed by atoms with van der Waals surface area (Å²) in [6.07, 6.45) is 0. The van der Waals surface area contributed by atoms with Gasteiger partial charge in [0, 0.05) is 23.5 Å². The standard InChI is InChI=1S/C16H15ClO3S/c17-12-8-6-11(7-9-12)15-14(10-18)16(15)21(19,20)13-4-2-1-3-5-13/h1-9,14-16,18H,10H2/t14-,15+,16+/m1/s1. The van der Waals surface area contributed by atoms with Crippen molar-refractivity contribution in [2.75, 3.05) is 6.61 Å². The molecule has 0 aromatic heterocycles. The van der Waals surface area contributed by atoms with E-state index in [1.54, 1.807) is 42.5 Å². The summed E-state index contributed by atoms with van der Waals surface area (Å²) in [5, 5.41) is 9.53. The van der Waals surface area contributed by atoms with E-state index < -0.39 is 15.1 Å². The van der Waals surface area contributed by atoms with Gasteiger partial charge < -0.3 is 5.11 Å². The van der Waals surface area contributed by atoms with Gasteiger partial charge in [0.2, 0.25) is 0 Å². The molecule has 1 fully saturated rings. The van der Waals surface area contributed by atoms with Crippen molar-refractivity contribution in [2.24, 2.45) is 5.92 Å². The van der Waals surface area contributed by atoms with Gasteiger partial charge in [-0.15, -0.1) is 0 Å². The van der Waals surface area contributed by atoms with Crippen molar-refractivity contribution >= 4 is 21.4 Å². The number of sulfone groups is 1. The van der Waals surface area contributed by atoms with Crippen LogP contribution < -0.4 is 0 Å². The first-order chi connectivity index (χ1) is 10.1. The zero-order chi connectivity index (χ0) is 15.0. The Labute approximate surface area is 129 Å². The van der Waals surface area contributed by atoms with Crippen LogP contribution in [0.1, 0.15) is 11.5 Å². The second-order valence-corrected chi connectivity index (χ2v) is 7.79. The molecule has 1 aliphatic carbocycles. The highest BCUT2D eigenvalue weighted by Gasteiger charge is 2.58. The van der Waals surface area contributed by atoms with Crippen LogP contribution in [-0.4, -0.2) is 25.4 Å². The molecule has 1 aliphatic rings. The predicted octanol–water partition coefficient (Wildman–Crippen LogP) is 2.89. The molecular weight excluding hydrogens is 308 g/mol. The molecule has 0 radical (unpaired) electrons. The molecule has 0 bridgehead atoms. The minimum Gasteiger partial charge on any atom is -0.396 e. The Morgan fingerprint density at radius 3 is 2.19 bits per heavy atom. The van der Waals surface area contributed by atoms with Gasteiger partial charge in [-0.2, -0.15) is 0 Å². The average Bonchev–Trinajstić information content (AvgIpc) is 3.24. The number of hydrogen-bond donors (Lipinski definition) is 1. The van der Waals surface area contributed by atoms with Gasteiger partial charge in [0.1, 0.15) is 0 Å². The minimum atomic E-state index is -3.43. The molecule has 2 aromatic carbocycles. The molecule has 5 heteroatoms. The Morgan fingerprint density at radius 2 is 1.62 bits per heavy atom. The van der Waals surface area contributed by atoms with Gasteiger partial charge in [0.15, 0.2) is 9.84 Å². The van der Waals surface area contributed by atoms with Crippen LogP contribution in [0.4, 0.5) is 0 Å². The van der Waals surface area contributed by atoms with E-state index in [0.717, 1.165) is 5.56 Å². The summed E-state index contributed by atoms with van der Waals surface area (Å²) >= 11 is 5.86. The fourth-order valence-electron chi connectivity index (χ4n) is 2.87. The van der Waals surface area contributed by atoms with E-state index >= 15 is 0 Å². The van der Waals surface area contributed by atoms with Crippen LogP contribution in [0.25, 0.3) is 0 Å². The van der Waals surface area contributed by atoms with Crippen LogP contribution in [0.3, 0.4) is 0 Å². The molecule has 2 aromatic rings. The monoisotopic (exact) mass is 322 g/mol. The van der Waals surface area contributed by atoms with Gasteiger partial charge in [-0.3, -0.25) is 0 Å². The topological polar surface area (TPSA) is 54.4 Å². The molecule has 1 N–H and O–H groups in total. The number of hydrogen-bond acceptors (Lipinski definition) is 3. The Bertz CT molecular complexity index is 726. The third kappa shape index (κ3) is 2.59. The molecule has 1 saturated carbocycles. The molecule has 110 valence electrons. The van der Waals surface area contributed by atoms with Crippen LogP contribution >= 0.6 is 11.6 Å². The quantitative estimate of drug-likeness (QED) is 0.941. The number of halogens is 1. The van der Waals surface area contributed by atoms with Gasteiger partial charge in [-0.05, 0) is 29.8 Å². The maximum absolute atomic E-state index is 12.7. The molecule has 0 saturated heterocycles. The zero-order valence-electron chi connectivity index (χ0n) is 11.2. The van der Waals surface area contributed by atoms with Crippen LogP contribution in [-0.2, 0) is 9.84 Å². The number of benzene rings is 2. The van der Waals surface area contributed by atoms with Crippen LogP contribution in [0.15, 0.2) is 59.5 Å². The Kier molecular flexibility index (Phi) is 3.78. The lowest BCUT2D eigenvalue weighted by atomic mass is 10.1. The largest absolute Gasteiger partial charge is 0.396 e.